The minimum Gasteiger partial charge on any atom is -0.344 e. The molecule has 0 aromatic carbocycles. The zero-order chi connectivity index (χ0) is 9.12. The topological polar surface area (TPSA) is 89.4 Å². The molecule has 0 aromatic rings. The molecule has 0 radical (unpaired) electrons. The molecule has 5 heteroatoms. The molecule has 0 fully saturated rings. The Morgan fingerprint density at radius 3 is 1.33 bits per heavy atom. The molecule has 0 aromatic heterocycles. The van der Waals surface area contributed by atoms with Crippen LogP contribution in [-0.2, 0) is 10.1 Å². The first-order valence-corrected chi connectivity index (χ1v) is 5.34. The maximum atomic E-state index is 10.9. The van der Waals surface area contributed by atoms with Crippen molar-refractivity contribution < 1.29 is 13.0 Å². The summed E-state index contributed by atoms with van der Waals surface area (Å²) in [5, 5.41) is 0. The minimum absolute atomic E-state index is 0. The lowest BCUT2D eigenvalue weighted by molar-refractivity contribution is 0.398. The van der Waals surface area contributed by atoms with Gasteiger partial charge in [0.25, 0.3) is 10.1 Å². The molecule has 0 bridgehead atoms. The predicted octanol–water partition coefficient (Wildman–Crippen LogP) is 2.00. The summed E-state index contributed by atoms with van der Waals surface area (Å²) in [6.07, 6.45) is 1.41. The van der Waals surface area contributed by atoms with Crippen molar-refractivity contribution in [2.75, 3.05) is 0 Å². The molecule has 0 rings (SSSR count). The van der Waals surface area contributed by atoms with Crippen LogP contribution in [-0.4, -0.2) is 17.7 Å². The average molecular weight is 197 g/mol. The van der Waals surface area contributed by atoms with Gasteiger partial charge in [-0.05, 0) is 19.3 Å². The highest BCUT2D eigenvalue weighted by Gasteiger charge is 2.37. The number of rotatable bonds is 4. The van der Waals surface area contributed by atoms with Gasteiger partial charge >= 0.3 is 0 Å². The lowest BCUT2D eigenvalue weighted by Crippen LogP contribution is -2.36. The quantitative estimate of drug-likeness (QED) is 0.674. The number of hydrogen-bond acceptors (Lipinski definition) is 3. The first-order valence-electron chi connectivity index (χ1n) is 3.90. The fourth-order valence-electron chi connectivity index (χ4n) is 1.30. The van der Waals surface area contributed by atoms with E-state index in [-0.39, 0.29) is 6.15 Å². The largest absolute Gasteiger partial charge is 0.344 e. The molecule has 0 unspecified atom stereocenters. The molecular weight excluding hydrogens is 178 g/mol. The van der Waals surface area contributed by atoms with Crippen molar-refractivity contribution >= 4 is 10.1 Å². The van der Waals surface area contributed by atoms with E-state index in [2.05, 4.69) is 0 Å². The number of hydrogen-bond donors (Lipinski definition) is 2. The van der Waals surface area contributed by atoms with E-state index < -0.39 is 14.9 Å². The first-order chi connectivity index (χ1) is 4.93. The third kappa shape index (κ3) is 2.43. The average Bonchev–Trinajstić information content (AvgIpc) is 1.90. The van der Waals surface area contributed by atoms with Crippen molar-refractivity contribution in [3.63, 3.8) is 0 Å². The normalized spacial score (nSPS) is 12.3. The van der Waals surface area contributed by atoms with Crippen molar-refractivity contribution in [3.05, 3.63) is 0 Å². The van der Waals surface area contributed by atoms with Gasteiger partial charge in [0.15, 0.2) is 0 Å². The van der Waals surface area contributed by atoms with Crippen molar-refractivity contribution in [1.29, 1.82) is 0 Å². The molecule has 76 valence electrons. The molecule has 0 spiro atoms. The van der Waals surface area contributed by atoms with Gasteiger partial charge in [-0.15, -0.1) is 0 Å². The fraction of sp³-hybridized carbons (Fsp3) is 1.00. The van der Waals surface area contributed by atoms with Gasteiger partial charge in [-0.25, -0.2) is 0 Å². The zero-order valence-corrected chi connectivity index (χ0v) is 8.82. The SMILES string of the molecule is CCC(CC)(CC)S(=O)(=O)O.N. The van der Waals surface area contributed by atoms with Crippen molar-refractivity contribution in [2.24, 2.45) is 0 Å². The summed E-state index contributed by atoms with van der Waals surface area (Å²) in [5.41, 5.74) is 0. The highest BCUT2D eigenvalue weighted by Crippen LogP contribution is 2.28. The summed E-state index contributed by atoms with van der Waals surface area (Å²) in [4.78, 5) is 0. The lowest BCUT2D eigenvalue weighted by atomic mass is 9.99. The van der Waals surface area contributed by atoms with Crippen LogP contribution in [0.15, 0.2) is 0 Å². The zero-order valence-electron chi connectivity index (χ0n) is 8.00. The smallest absolute Gasteiger partial charge is 0.270 e. The maximum absolute atomic E-state index is 10.9. The Balaban J connectivity index is 0. The van der Waals surface area contributed by atoms with Crippen LogP contribution in [0.25, 0.3) is 0 Å². The van der Waals surface area contributed by atoms with Crippen LogP contribution >= 0.6 is 0 Å². The third-order valence-corrected chi connectivity index (χ3v) is 4.44. The van der Waals surface area contributed by atoms with Crippen LogP contribution in [0.1, 0.15) is 40.0 Å². The Labute approximate surface area is 74.7 Å². The van der Waals surface area contributed by atoms with Crippen LogP contribution in [0.4, 0.5) is 0 Å². The summed E-state index contributed by atoms with van der Waals surface area (Å²) < 4.78 is 29.8. The molecule has 0 heterocycles. The highest BCUT2D eigenvalue weighted by atomic mass is 32.2. The van der Waals surface area contributed by atoms with Gasteiger partial charge in [-0.2, -0.15) is 8.42 Å². The molecule has 0 saturated carbocycles. The molecule has 4 N–H and O–H groups in total. The molecule has 0 aliphatic carbocycles. The standard InChI is InChI=1S/C7H16O3S.H3N/c1-4-7(5-2,6-3)11(8,9)10;/h4-6H2,1-3H3,(H,8,9,10);1H3. The van der Waals surface area contributed by atoms with Crippen LogP contribution < -0.4 is 6.15 Å². The molecule has 0 aliphatic rings. The van der Waals surface area contributed by atoms with Gasteiger partial charge in [-0.1, -0.05) is 20.8 Å². The Morgan fingerprint density at radius 1 is 1.08 bits per heavy atom. The fourth-order valence-corrected chi connectivity index (χ4v) is 2.39. The second-order valence-corrected chi connectivity index (χ2v) is 4.53. The van der Waals surface area contributed by atoms with E-state index in [0.29, 0.717) is 19.3 Å². The van der Waals surface area contributed by atoms with Crippen LogP contribution in [0, 0.1) is 0 Å². The Morgan fingerprint density at radius 2 is 1.33 bits per heavy atom. The van der Waals surface area contributed by atoms with Gasteiger partial charge in [0.1, 0.15) is 0 Å². The molecule has 12 heavy (non-hydrogen) atoms. The molecule has 4 nitrogen and oxygen atoms in total. The van der Waals surface area contributed by atoms with Gasteiger partial charge in [-0.3, -0.25) is 4.55 Å². The second-order valence-electron chi connectivity index (χ2n) is 2.72. The summed E-state index contributed by atoms with van der Waals surface area (Å²) in [5.74, 6) is 0. The van der Waals surface area contributed by atoms with Crippen LogP contribution in [0.3, 0.4) is 0 Å². The van der Waals surface area contributed by atoms with E-state index in [4.69, 9.17) is 4.55 Å². The molecule has 0 atom stereocenters. The Kier molecular flexibility index (Phi) is 5.75. The van der Waals surface area contributed by atoms with E-state index in [0.717, 1.165) is 0 Å². The van der Waals surface area contributed by atoms with Crippen LogP contribution in [0.5, 0.6) is 0 Å². The van der Waals surface area contributed by atoms with E-state index >= 15 is 0 Å². The van der Waals surface area contributed by atoms with Gasteiger partial charge in [0.05, 0.1) is 4.75 Å². The van der Waals surface area contributed by atoms with Crippen LogP contribution in [0.2, 0.25) is 0 Å². The summed E-state index contributed by atoms with van der Waals surface area (Å²) >= 11 is 0. The van der Waals surface area contributed by atoms with E-state index in [1.165, 1.54) is 0 Å². The molecular formula is C7H19NO3S. The third-order valence-electron chi connectivity index (χ3n) is 2.48. The van der Waals surface area contributed by atoms with Gasteiger partial charge in [0.2, 0.25) is 0 Å². The summed E-state index contributed by atoms with van der Waals surface area (Å²) in [6, 6.07) is 0. The lowest BCUT2D eigenvalue weighted by Gasteiger charge is -2.25. The van der Waals surface area contributed by atoms with Crippen molar-refractivity contribution in [1.82, 2.24) is 6.15 Å². The Hall–Kier alpha value is -0.130. The predicted molar refractivity (Wildman–Crippen MR) is 50.2 cm³/mol. The summed E-state index contributed by atoms with van der Waals surface area (Å²) in [7, 11) is -3.88. The second kappa shape index (κ2) is 4.79. The van der Waals surface area contributed by atoms with Crippen molar-refractivity contribution in [2.45, 2.75) is 44.8 Å². The van der Waals surface area contributed by atoms with Gasteiger partial charge in [0, 0.05) is 0 Å². The monoisotopic (exact) mass is 197 g/mol. The van der Waals surface area contributed by atoms with Gasteiger partial charge < -0.3 is 6.15 Å². The maximum Gasteiger partial charge on any atom is 0.270 e. The van der Waals surface area contributed by atoms with Crippen molar-refractivity contribution in [3.8, 4) is 0 Å². The minimum atomic E-state index is -3.88. The molecule has 0 amide bonds. The van der Waals surface area contributed by atoms with E-state index in [9.17, 15) is 8.42 Å². The summed E-state index contributed by atoms with van der Waals surface area (Å²) in [6.45, 7) is 5.34. The Bertz CT molecular complexity index is 198. The first kappa shape index (κ1) is 14.4. The highest BCUT2D eigenvalue weighted by molar-refractivity contribution is 7.87. The molecule has 0 saturated heterocycles. The molecule has 0 aliphatic heterocycles. The van der Waals surface area contributed by atoms with E-state index in [1.807, 2.05) is 0 Å². The van der Waals surface area contributed by atoms with E-state index in [1.54, 1.807) is 20.8 Å².